The molecule has 0 amide bonds. The van der Waals surface area contributed by atoms with Gasteiger partial charge in [0.2, 0.25) is 0 Å². The number of nitrogens with one attached hydrogen (secondary N) is 2. The van der Waals surface area contributed by atoms with Crippen molar-refractivity contribution in [2.45, 2.75) is 6.92 Å². The molecule has 94 valence electrons. The van der Waals surface area contributed by atoms with E-state index in [4.69, 9.17) is 21.7 Å². The first-order chi connectivity index (χ1) is 8.27. The van der Waals surface area contributed by atoms with Gasteiger partial charge < -0.3 is 20.1 Å². The van der Waals surface area contributed by atoms with Crippen LogP contribution in [0.5, 0.6) is 11.5 Å². The molecular formula is C12H18N2O2S. The van der Waals surface area contributed by atoms with Gasteiger partial charge in [0, 0.05) is 6.54 Å². The van der Waals surface area contributed by atoms with Crippen LogP contribution in [0.1, 0.15) is 6.92 Å². The second-order valence-corrected chi connectivity index (χ2v) is 3.69. The number of ether oxygens (including phenoxy) is 2. The molecule has 0 aliphatic rings. The monoisotopic (exact) mass is 254 g/mol. The van der Waals surface area contributed by atoms with Gasteiger partial charge in [-0.15, -0.1) is 0 Å². The molecule has 0 aliphatic carbocycles. The average Bonchev–Trinajstić information content (AvgIpc) is 2.35. The summed E-state index contributed by atoms with van der Waals surface area (Å²) in [7, 11) is 1.63. The predicted molar refractivity (Wildman–Crippen MR) is 72.8 cm³/mol. The van der Waals surface area contributed by atoms with Crippen LogP contribution >= 0.6 is 12.2 Å². The Labute approximate surface area is 107 Å². The van der Waals surface area contributed by atoms with Crippen LogP contribution in [0.3, 0.4) is 0 Å². The summed E-state index contributed by atoms with van der Waals surface area (Å²) in [6.07, 6.45) is 0. The molecule has 0 heterocycles. The van der Waals surface area contributed by atoms with Crippen molar-refractivity contribution in [2.24, 2.45) is 0 Å². The van der Waals surface area contributed by atoms with Crippen molar-refractivity contribution in [3.05, 3.63) is 24.3 Å². The third kappa shape index (κ3) is 4.91. The molecule has 0 aliphatic heterocycles. The minimum absolute atomic E-state index is 0.534. The Hall–Kier alpha value is -1.49. The zero-order valence-electron chi connectivity index (χ0n) is 10.2. The van der Waals surface area contributed by atoms with Crippen LogP contribution in [0.15, 0.2) is 24.3 Å². The molecule has 0 fully saturated rings. The summed E-state index contributed by atoms with van der Waals surface area (Å²) in [6.45, 7) is 4.01. The topological polar surface area (TPSA) is 42.5 Å². The molecule has 4 nitrogen and oxygen atoms in total. The molecule has 0 unspecified atom stereocenters. The highest BCUT2D eigenvalue weighted by Gasteiger charge is 2.01. The Morgan fingerprint density at radius 3 is 2.59 bits per heavy atom. The number of thiocarbonyl (C=S) groups is 1. The number of methoxy groups -OCH3 is 1. The molecule has 1 aromatic carbocycles. The maximum absolute atomic E-state index is 5.58. The van der Waals surface area contributed by atoms with Crippen LogP contribution in [0.2, 0.25) is 0 Å². The van der Waals surface area contributed by atoms with Crippen molar-refractivity contribution in [1.29, 1.82) is 0 Å². The molecule has 1 rings (SSSR count). The van der Waals surface area contributed by atoms with E-state index in [-0.39, 0.29) is 0 Å². The molecule has 5 heteroatoms. The van der Waals surface area contributed by atoms with Crippen LogP contribution in [-0.4, -0.2) is 31.9 Å². The lowest BCUT2D eigenvalue weighted by atomic mass is 10.3. The van der Waals surface area contributed by atoms with Gasteiger partial charge in [0.25, 0.3) is 0 Å². The average molecular weight is 254 g/mol. The molecule has 0 aromatic heterocycles. The Kier molecular flexibility index (Phi) is 6.17. The maximum atomic E-state index is 5.58. The largest absolute Gasteiger partial charge is 0.493 e. The van der Waals surface area contributed by atoms with Crippen LogP contribution in [0, 0.1) is 0 Å². The van der Waals surface area contributed by atoms with Crippen molar-refractivity contribution >= 4 is 17.3 Å². The fourth-order valence-corrected chi connectivity index (χ4v) is 1.53. The van der Waals surface area contributed by atoms with Gasteiger partial charge in [-0.05, 0) is 31.3 Å². The first-order valence-electron chi connectivity index (χ1n) is 5.55. The number of para-hydroxylation sites is 2. The molecule has 2 N–H and O–H groups in total. The first kappa shape index (κ1) is 13.6. The highest BCUT2D eigenvalue weighted by Crippen LogP contribution is 2.25. The highest BCUT2D eigenvalue weighted by molar-refractivity contribution is 7.80. The van der Waals surface area contributed by atoms with Crippen LogP contribution < -0.4 is 20.1 Å². The molecule has 0 saturated carbocycles. The van der Waals surface area contributed by atoms with E-state index in [1.54, 1.807) is 7.11 Å². The molecule has 0 radical (unpaired) electrons. The third-order valence-electron chi connectivity index (χ3n) is 2.05. The number of rotatable bonds is 6. The lowest BCUT2D eigenvalue weighted by Crippen LogP contribution is -2.37. The fraction of sp³-hybridized carbons (Fsp3) is 0.417. The van der Waals surface area contributed by atoms with Crippen molar-refractivity contribution in [3.8, 4) is 11.5 Å². The summed E-state index contributed by atoms with van der Waals surface area (Å²) in [6, 6.07) is 7.56. The standard InChI is InChI=1S/C12H18N2O2S/c1-3-13-12(17)14-8-9-16-11-7-5-4-6-10(11)15-2/h4-7H,3,8-9H2,1-2H3,(H2,13,14,17). The van der Waals surface area contributed by atoms with E-state index in [0.717, 1.165) is 18.0 Å². The Morgan fingerprint density at radius 2 is 1.94 bits per heavy atom. The van der Waals surface area contributed by atoms with E-state index in [2.05, 4.69) is 10.6 Å². The van der Waals surface area contributed by atoms with Crippen molar-refractivity contribution in [1.82, 2.24) is 10.6 Å². The van der Waals surface area contributed by atoms with Gasteiger partial charge >= 0.3 is 0 Å². The minimum atomic E-state index is 0.534. The number of hydrogen-bond donors (Lipinski definition) is 2. The summed E-state index contributed by atoms with van der Waals surface area (Å²) < 4.78 is 10.8. The Morgan fingerprint density at radius 1 is 1.24 bits per heavy atom. The zero-order chi connectivity index (χ0) is 12.5. The van der Waals surface area contributed by atoms with Gasteiger partial charge in [-0.1, -0.05) is 12.1 Å². The van der Waals surface area contributed by atoms with Crippen molar-refractivity contribution in [3.63, 3.8) is 0 Å². The van der Waals surface area contributed by atoms with Crippen LogP contribution in [0.4, 0.5) is 0 Å². The van der Waals surface area contributed by atoms with E-state index >= 15 is 0 Å². The normalized spacial score (nSPS) is 9.53. The molecular weight excluding hydrogens is 236 g/mol. The molecule has 17 heavy (non-hydrogen) atoms. The van der Waals surface area contributed by atoms with E-state index in [1.807, 2.05) is 31.2 Å². The van der Waals surface area contributed by atoms with E-state index in [9.17, 15) is 0 Å². The smallest absolute Gasteiger partial charge is 0.166 e. The molecule has 0 saturated heterocycles. The fourth-order valence-electron chi connectivity index (χ4n) is 1.29. The van der Waals surface area contributed by atoms with E-state index in [0.29, 0.717) is 18.3 Å². The third-order valence-corrected chi connectivity index (χ3v) is 2.34. The predicted octanol–water partition coefficient (Wildman–Crippen LogP) is 1.56. The summed E-state index contributed by atoms with van der Waals surface area (Å²) in [4.78, 5) is 0. The van der Waals surface area contributed by atoms with Crippen LogP contribution in [0.25, 0.3) is 0 Å². The Balaban J connectivity index is 2.28. The van der Waals surface area contributed by atoms with Gasteiger partial charge in [-0.2, -0.15) is 0 Å². The minimum Gasteiger partial charge on any atom is -0.493 e. The summed E-state index contributed by atoms with van der Waals surface area (Å²) in [5.41, 5.74) is 0. The summed E-state index contributed by atoms with van der Waals surface area (Å²) in [5.74, 6) is 1.48. The van der Waals surface area contributed by atoms with Crippen LogP contribution in [-0.2, 0) is 0 Å². The summed E-state index contributed by atoms with van der Waals surface area (Å²) in [5, 5.41) is 6.70. The molecule has 0 atom stereocenters. The SMILES string of the molecule is CCNC(=S)NCCOc1ccccc1OC. The van der Waals surface area contributed by atoms with E-state index < -0.39 is 0 Å². The zero-order valence-corrected chi connectivity index (χ0v) is 11.0. The van der Waals surface area contributed by atoms with E-state index in [1.165, 1.54) is 0 Å². The molecule has 1 aromatic rings. The second-order valence-electron chi connectivity index (χ2n) is 3.29. The van der Waals surface area contributed by atoms with Gasteiger partial charge in [0.1, 0.15) is 6.61 Å². The van der Waals surface area contributed by atoms with Gasteiger partial charge in [-0.3, -0.25) is 0 Å². The van der Waals surface area contributed by atoms with Gasteiger partial charge in [-0.25, -0.2) is 0 Å². The van der Waals surface area contributed by atoms with Crippen molar-refractivity contribution < 1.29 is 9.47 Å². The number of benzene rings is 1. The van der Waals surface area contributed by atoms with Crippen molar-refractivity contribution in [2.75, 3.05) is 26.8 Å². The molecule has 0 bridgehead atoms. The molecule has 0 spiro atoms. The number of hydrogen-bond acceptors (Lipinski definition) is 3. The van der Waals surface area contributed by atoms with Gasteiger partial charge in [0.05, 0.1) is 13.7 Å². The quantitative estimate of drug-likeness (QED) is 0.596. The second kappa shape index (κ2) is 7.73. The maximum Gasteiger partial charge on any atom is 0.166 e. The van der Waals surface area contributed by atoms with Gasteiger partial charge in [0.15, 0.2) is 16.6 Å². The first-order valence-corrected chi connectivity index (χ1v) is 5.96. The highest BCUT2D eigenvalue weighted by atomic mass is 32.1. The lowest BCUT2D eigenvalue weighted by Gasteiger charge is -2.12. The lowest BCUT2D eigenvalue weighted by molar-refractivity contribution is 0.298. The summed E-state index contributed by atoms with van der Waals surface area (Å²) >= 11 is 5.03. The Bertz CT molecular complexity index is 358.